The van der Waals surface area contributed by atoms with Crippen molar-refractivity contribution in [3.8, 4) is 0 Å². The summed E-state index contributed by atoms with van der Waals surface area (Å²) in [5, 5.41) is 5.65. The number of rotatable bonds is 6. The molecule has 2 amide bonds. The lowest BCUT2D eigenvalue weighted by Crippen LogP contribution is -2.42. The number of carbonyl (C=O) groups is 2. The molecule has 1 saturated heterocycles. The van der Waals surface area contributed by atoms with E-state index in [2.05, 4.69) is 10.6 Å². The number of benzene rings is 2. The fourth-order valence-electron chi connectivity index (χ4n) is 3.68. The summed E-state index contributed by atoms with van der Waals surface area (Å²) < 4.78 is 27.4. The van der Waals surface area contributed by atoms with Crippen molar-refractivity contribution >= 4 is 27.5 Å². The predicted octanol–water partition coefficient (Wildman–Crippen LogP) is 2.98. The highest BCUT2D eigenvalue weighted by Crippen LogP contribution is 2.25. The molecule has 1 heterocycles. The first-order chi connectivity index (χ1) is 14.7. The average Bonchev–Trinajstić information content (AvgIpc) is 2.74. The zero-order valence-corrected chi connectivity index (χ0v) is 19.0. The molecule has 0 bridgehead atoms. The van der Waals surface area contributed by atoms with Crippen LogP contribution in [0.4, 0.5) is 5.69 Å². The van der Waals surface area contributed by atoms with Gasteiger partial charge in [-0.2, -0.15) is 4.31 Å². The molecular weight excluding hydrogens is 414 g/mol. The molecule has 31 heavy (non-hydrogen) atoms. The van der Waals surface area contributed by atoms with E-state index >= 15 is 0 Å². The Kier molecular flexibility index (Phi) is 7.12. The summed E-state index contributed by atoms with van der Waals surface area (Å²) in [5.41, 5.74) is 3.56. The Hall–Kier alpha value is -2.71. The third-order valence-corrected chi connectivity index (χ3v) is 7.55. The van der Waals surface area contributed by atoms with Crippen molar-refractivity contribution in [3.63, 3.8) is 0 Å². The van der Waals surface area contributed by atoms with Crippen LogP contribution in [-0.4, -0.2) is 37.6 Å². The zero-order valence-electron chi connectivity index (χ0n) is 18.1. The summed E-state index contributed by atoms with van der Waals surface area (Å²) in [5.74, 6) is -0.443. The van der Waals surface area contributed by atoms with Crippen LogP contribution in [0.3, 0.4) is 0 Å². The SMILES string of the molecule is CC(=O)Nc1cccc(CNC(=O)C2CCN(S(=O)(=O)c3ccc(C)c(C)c3)CC2)c1. The van der Waals surface area contributed by atoms with Crippen molar-refractivity contribution < 1.29 is 18.0 Å². The molecule has 1 aliphatic rings. The number of nitrogens with one attached hydrogen (secondary N) is 2. The van der Waals surface area contributed by atoms with Gasteiger partial charge in [0.05, 0.1) is 4.90 Å². The first kappa shape index (κ1) is 23.0. The van der Waals surface area contributed by atoms with Crippen molar-refractivity contribution in [2.75, 3.05) is 18.4 Å². The van der Waals surface area contributed by atoms with E-state index in [9.17, 15) is 18.0 Å². The Bertz CT molecular complexity index is 1070. The van der Waals surface area contributed by atoms with Gasteiger partial charge in [0.25, 0.3) is 0 Å². The van der Waals surface area contributed by atoms with Gasteiger partial charge in [0.1, 0.15) is 0 Å². The van der Waals surface area contributed by atoms with Crippen molar-refractivity contribution in [1.29, 1.82) is 0 Å². The minimum atomic E-state index is -3.55. The topological polar surface area (TPSA) is 95.6 Å². The Morgan fingerprint density at radius 1 is 1.03 bits per heavy atom. The minimum absolute atomic E-state index is 0.0758. The molecule has 3 rings (SSSR count). The third kappa shape index (κ3) is 5.71. The number of hydrogen-bond acceptors (Lipinski definition) is 4. The Labute approximate surface area is 183 Å². The number of hydrogen-bond donors (Lipinski definition) is 2. The summed E-state index contributed by atoms with van der Waals surface area (Å²) in [6.07, 6.45) is 0.976. The lowest BCUT2D eigenvalue weighted by atomic mass is 9.97. The van der Waals surface area contributed by atoms with Crippen LogP contribution in [0.15, 0.2) is 47.4 Å². The van der Waals surface area contributed by atoms with E-state index < -0.39 is 10.0 Å². The predicted molar refractivity (Wildman–Crippen MR) is 120 cm³/mol. The van der Waals surface area contributed by atoms with Gasteiger partial charge in [0, 0.05) is 38.2 Å². The van der Waals surface area contributed by atoms with Gasteiger partial charge in [-0.25, -0.2) is 8.42 Å². The van der Waals surface area contributed by atoms with Gasteiger partial charge >= 0.3 is 0 Å². The van der Waals surface area contributed by atoms with Crippen LogP contribution >= 0.6 is 0 Å². The van der Waals surface area contributed by atoms with Gasteiger partial charge in [-0.3, -0.25) is 9.59 Å². The van der Waals surface area contributed by atoms with Crippen LogP contribution in [0.5, 0.6) is 0 Å². The fraction of sp³-hybridized carbons (Fsp3) is 0.391. The van der Waals surface area contributed by atoms with E-state index in [4.69, 9.17) is 0 Å². The van der Waals surface area contributed by atoms with Crippen LogP contribution in [0, 0.1) is 19.8 Å². The number of sulfonamides is 1. The highest BCUT2D eigenvalue weighted by atomic mass is 32.2. The quantitative estimate of drug-likeness (QED) is 0.717. The normalized spacial score (nSPS) is 15.5. The molecule has 0 aromatic heterocycles. The second-order valence-electron chi connectivity index (χ2n) is 8.02. The summed E-state index contributed by atoms with van der Waals surface area (Å²) in [6.45, 7) is 6.30. The molecule has 7 nitrogen and oxygen atoms in total. The number of nitrogens with zero attached hydrogens (tertiary/aromatic N) is 1. The summed E-state index contributed by atoms with van der Waals surface area (Å²) in [7, 11) is -3.55. The molecule has 0 radical (unpaired) electrons. The number of piperidine rings is 1. The molecule has 0 saturated carbocycles. The molecule has 166 valence electrons. The van der Waals surface area contributed by atoms with E-state index in [1.165, 1.54) is 11.2 Å². The molecule has 0 spiro atoms. The van der Waals surface area contributed by atoms with Crippen LogP contribution in [0.1, 0.15) is 36.5 Å². The fourth-order valence-corrected chi connectivity index (χ4v) is 5.23. The van der Waals surface area contributed by atoms with Gasteiger partial charge < -0.3 is 10.6 Å². The average molecular weight is 444 g/mol. The number of carbonyl (C=O) groups excluding carboxylic acids is 2. The molecule has 8 heteroatoms. The van der Waals surface area contributed by atoms with Crippen molar-refractivity contribution in [2.45, 2.75) is 45.1 Å². The first-order valence-corrected chi connectivity index (χ1v) is 11.8. The van der Waals surface area contributed by atoms with Gasteiger partial charge in [-0.15, -0.1) is 0 Å². The highest BCUT2D eigenvalue weighted by Gasteiger charge is 2.32. The molecule has 0 unspecified atom stereocenters. The molecular formula is C23H29N3O4S. The van der Waals surface area contributed by atoms with Crippen molar-refractivity contribution in [3.05, 3.63) is 59.2 Å². The van der Waals surface area contributed by atoms with Gasteiger partial charge in [0.15, 0.2) is 0 Å². The third-order valence-electron chi connectivity index (χ3n) is 5.65. The van der Waals surface area contributed by atoms with Gasteiger partial charge in [-0.1, -0.05) is 18.2 Å². The number of aryl methyl sites for hydroxylation is 2. The minimum Gasteiger partial charge on any atom is -0.352 e. The highest BCUT2D eigenvalue weighted by molar-refractivity contribution is 7.89. The molecule has 1 aliphatic heterocycles. The molecule has 2 aromatic rings. The second kappa shape index (κ2) is 9.62. The second-order valence-corrected chi connectivity index (χ2v) is 9.96. The monoisotopic (exact) mass is 443 g/mol. The smallest absolute Gasteiger partial charge is 0.243 e. The maximum absolute atomic E-state index is 12.9. The van der Waals surface area contributed by atoms with Crippen molar-refractivity contribution in [1.82, 2.24) is 9.62 Å². The summed E-state index contributed by atoms with van der Waals surface area (Å²) in [6, 6.07) is 12.5. The Morgan fingerprint density at radius 2 is 1.74 bits per heavy atom. The van der Waals surface area contributed by atoms with Crippen LogP contribution < -0.4 is 10.6 Å². The Morgan fingerprint density at radius 3 is 2.39 bits per heavy atom. The van der Waals surface area contributed by atoms with Crippen LogP contribution in [0.2, 0.25) is 0 Å². The Balaban J connectivity index is 1.55. The van der Waals surface area contributed by atoms with E-state index in [-0.39, 0.29) is 17.7 Å². The lowest BCUT2D eigenvalue weighted by Gasteiger charge is -2.30. The molecule has 0 aliphatic carbocycles. The van der Waals surface area contributed by atoms with Gasteiger partial charge in [0.2, 0.25) is 21.8 Å². The largest absolute Gasteiger partial charge is 0.352 e. The molecule has 2 N–H and O–H groups in total. The van der Waals surface area contributed by atoms with E-state index in [1.807, 2.05) is 38.1 Å². The van der Waals surface area contributed by atoms with Gasteiger partial charge in [-0.05, 0) is 67.6 Å². The molecule has 2 aromatic carbocycles. The summed E-state index contributed by atoms with van der Waals surface area (Å²) >= 11 is 0. The van der Waals surface area contributed by atoms with Crippen LogP contribution in [0.25, 0.3) is 0 Å². The number of anilines is 1. The maximum atomic E-state index is 12.9. The standard InChI is InChI=1S/C23H29N3O4S/c1-16-7-8-22(13-17(16)2)31(29,30)26-11-9-20(10-12-26)23(28)24-15-19-5-4-6-21(14-19)25-18(3)27/h4-8,13-14,20H,9-12,15H2,1-3H3,(H,24,28)(H,25,27). The number of amides is 2. The zero-order chi connectivity index (χ0) is 22.6. The molecule has 1 fully saturated rings. The van der Waals surface area contributed by atoms with Crippen LogP contribution in [-0.2, 0) is 26.2 Å². The summed E-state index contributed by atoms with van der Waals surface area (Å²) in [4.78, 5) is 24.1. The van der Waals surface area contributed by atoms with Crippen molar-refractivity contribution in [2.24, 2.45) is 5.92 Å². The lowest BCUT2D eigenvalue weighted by molar-refractivity contribution is -0.126. The maximum Gasteiger partial charge on any atom is 0.243 e. The first-order valence-electron chi connectivity index (χ1n) is 10.4. The van der Waals surface area contributed by atoms with E-state index in [0.29, 0.717) is 43.1 Å². The molecule has 0 atom stereocenters. The van der Waals surface area contributed by atoms with E-state index in [1.54, 1.807) is 18.2 Å². The van der Waals surface area contributed by atoms with E-state index in [0.717, 1.165) is 16.7 Å².